The fourth-order valence-corrected chi connectivity index (χ4v) is 4.20. The Bertz CT molecular complexity index is 1040. The van der Waals surface area contributed by atoms with Gasteiger partial charge in [-0.15, -0.1) is 0 Å². The summed E-state index contributed by atoms with van der Waals surface area (Å²) in [5.41, 5.74) is 5.72. The smallest absolute Gasteiger partial charge is 0.234 e. The lowest BCUT2D eigenvalue weighted by Gasteiger charge is -2.25. The Hall–Kier alpha value is -2.61. The van der Waals surface area contributed by atoms with Crippen LogP contribution in [0.25, 0.3) is 11.4 Å². The number of aromatic nitrogens is 2. The van der Waals surface area contributed by atoms with Crippen LogP contribution in [0, 0.1) is 0 Å². The summed E-state index contributed by atoms with van der Waals surface area (Å²) in [6, 6.07) is 14.4. The number of hydrogen-bond acceptors (Lipinski definition) is 4. The Labute approximate surface area is 185 Å². The molecule has 31 heavy (non-hydrogen) atoms. The van der Waals surface area contributed by atoms with E-state index in [-0.39, 0.29) is 0 Å². The number of ether oxygens (including phenoxy) is 1. The molecule has 162 valence electrons. The Morgan fingerprint density at radius 2 is 1.84 bits per heavy atom. The predicted octanol–water partition coefficient (Wildman–Crippen LogP) is 4.21. The lowest BCUT2D eigenvalue weighted by atomic mass is 10.0. The third kappa shape index (κ3) is 5.55. The second-order valence-corrected chi connectivity index (χ2v) is 8.67. The second kappa shape index (κ2) is 10.1. The lowest BCUT2D eigenvalue weighted by molar-refractivity contribution is 0.309. The van der Waals surface area contributed by atoms with Crippen molar-refractivity contribution >= 4 is 11.3 Å². The van der Waals surface area contributed by atoms with Crippen LogP contribution < -0.4 is 4.74 Å². The number of aryl methyl sites for hydroxylation is 2. The number of fused-ring (bicyclic) bond motifs is 1. The average molecular weight is 438 g/mol. The topological polar surface area (TPSA) is 75.5 Å². The van der Waals surface area contributed by atoms with Gasteiger partial charge in [-0.1, -0.05) is 37.3 Å². The summed E-state index contributed by atoms with van der Waals surface area (Å²) >= 11 is -1.91. The van der Waals surface area contributed by atoms with E-state index in [2.05, 4.69) is 47.2 Å². The van der Waals surface area contributed by atoms with E-state index in [1.54, 1.807) is 4.31 Å². The Morgan fingerprint density at radius 1 is 1.06 bits per heavy atom. The van der Waals surface area contributed by atoms with Gasteiger partial charge in [0.25, 0.3) is 0 Å². The fraction of sp³-hybridized carbons (Fsp3) is 0.333. The van der Waals surface area contributed by atoms with Crippen molar-refractivity contribution in [1.82, 2.24) is 14.3 Å². The zero-order valence-corrected chi connectivity index (χ0v) is 18.5. The highest BCUT2D eigenvalue weighted by Gasteiger charge is 2.20. The van der Waals surface area contributed by atoms with Gasteiger partial charge in [-0.25, -0.2) is 14.2 Å². The minimum absolute atomic E-state index is 0.502. The molecule has 1 aromatic heterocycles. The Balaban J connectivity index is 1.26. The summed E-state index contributed by atoms with van der Waals surface area (Å²) in [6.07, 6.45) is 7.34. The van der Waals surface area contributed by atoms with E-state index in [1.165, 1.54) is 11.1 Å². The maximum Gasteiger partial charge on any atom is 0.234 e. The van der Waals surface area contributed by atoms with Gasteiger partial charge in [0.15, 0.2) is 5.82 Å². The molecule has 0 bridgehead atoms. The Morgan fingerprint density at radius 3 is 2.55 bits per heavy atom. The normalized spacial score (nSPS) is 14.8. The van der Waals surface area contributed by atoms with Crippen molar-refractivity contribution in [3.05, 3.63) is 77.1 Å². The predicted molar refractivity (Wildman–Crippen MR) is 122 cm³/mol. The van der Waals surface area contributed by atoms with Crippen molar-refractivity contribution in [1.29, 1.82) is 0 Å². The molecule has 1 aliphatic heterocycles. The molecule has 0 fully saturated rings. The van der Waals surface area contributed by atoms with Crippen molar-refractivity contribution in [2.24, 2.45) is 0 Å². The molecule has 0 saturated carbocycles. The minimum atomic E-state index is -1.91. The van der Waals surface area contributed by atoms with Gasteiger partial charge in [0, 0.05) is 31.0 Å². The first-order valence-electron chi connectivity index (χ1n) is 10.6. The Kier molecular flexibility index (Phi) is 7.06. The van der Waals surface area contributed by atoms with E-state index in [0.29, 0.717) is 19.7 Å². The summed E-state index contributed by atoms with van der Waals surface area (Å²) in [6.45, 7) is 3.83. The van der Waals surface area contributed by atoms with Crippen molar-refractivity contribution in [3.63, 3.8) is 0 Å². The van der Waals surface area contributed by atoms with E-state index in [4.69, 9.17) is 4.74 Å². The van der Waals surface area contributed by atoms with Crippen LogP contribution >= 0.6 is 0 Å². The molecule has 3 aromatic rings. The molecule has 0 radical (unpaired) electrons. The fourth-order valence-electron chi connectivity index (χ4n) is 3.70. The van der Waals surface area contributed by atoms with Crippen LogP contribution in [0.15, 0.2) is 54.9 Å². The summed E-state index contributed by atoms with van der Waals surface area (Å²) in [5, 5.41) is 0. The van der Waals surface area contributed by atoms with Gasteiger partial charge in [0.1, 0.15) is 5.75 Å². The van der Waals surface area contributed by atoms with Crippen LogP contribution in [0.3, 0.4) is 0 Å². The highest BCUT2D eigenvalue weighted by atomic mass is 32.2. The molecule has 0 saturated heterocycles. The van der Waals surface area contributed by atoms with Gasteiger partial charge in [-0.3, -0.25) is 4.55 Å². The molecular formula is C24H27N3O3S. The van der Waals surface area contributed by atoms with Crippen molar-refractivity contribution in [2.45, 2.75) is 39.2 Å². The van der Waals surface area contributed by atoms with Gasteiger partial charge in [-0.2, -0.15) is 4.31 Å². The van der Waals surface area contributed by atoms with E-state index in [0.717, 1.165) is 53.9 Å². The standard InChI is InChI=1S/C24H27N3O3S/c1-2-18-15-25-24(26-16-18)20-7-5-19(6-8-20)4-3-13-30-23-10-9-22-17-27(31(28)29)12-11-21(22)14-23/h5-10,14-16H,2-4,11-13,17H2,1H3,(H,28,29). The van der Waals surface area contributed by atoms with Gasteiger partial charge in [0.05, 0.1) is 6.61 Å². The van der Waals surface area contributed by atoms with Crippen LogP contribution in [-0.4, -0.2) is 36.2 Å². The van der Waals surface area contributed by atoms with E-state index >= 15 is 0 Å². The number of rotatable bonds is 8. The molecule has 1 N–H and O–H groups in total. The largest absolute Gasteiger partial charge is 0.494 e. The number of hydrogen-bond donors (Lipinski definition) is 1. The molecule has 0 amide bonds. The molecule has 4 rings (SSSR count). The highest BCUT2D eigenvalue weighted by molar-refractivity contribution is 7.76. The minimum Gasteiger partial charge on any atom is -0.494 e. The second-order valence-electron chi connectivity index (χ2n) is 7.69. The summed E-state index contributed by atoms with van der Waals surface area (Å²) in [7, 11) is 0. The third-order valence-electron chi connectivity index (χ3n) is 5.58. The zero-order chi connectivity index (χ0) is 21.6. The van der Waals surface area contributed by atoms with Crippen LogP contribution in [0.2, 0.25) is 0 Å². The average Bonchev–Trinajstić information content (AvgIpc) is 2.82. The molecule has 1 unspecified atom stereocenters. The number of benzene rings is 2. The summed E-state index contributed by atoms with van der Waals surface area (Å²) in [4.78, 5) is 8.88. The van der Waals surface area contributed by atoms with E-state index in [1.807, 2.05) is 24.5 Å². The van der Waals surface area contributed by atoms with Crippen LogP contribution in [0.1, 0.15) is 35.6 Å². The molecule has 7 heteroatoms. The van der Waals surface area contributed by atoms with Crippen molar-refractivity contribution in [2.75, 3.05) is 13.2 Å². The molecule has 2 heterocycles. The van der Waals surface area contributed by atoms with Crippen LogP contribution in [-0.2, 0) is 37.1 Å². The van der Waals surface area contributed by atoms with Crippen molar-refractivity contribution < 1.29 is 13.5 Å². The summed E-state index contributed by atoms with van der Waals surface area (Å²) in [5.74, 6) is 1.62. The first-order valence-corrected chi connectivity index (χ1v) is 11.7. The van der Waals surface area contributed by atoms with Crippen molar-refractivity contribution in [3.8, 4) is 17.1 Å². The quantitative estimate of drug-likeness (QED) is 0.422. The lowest BCUT2D eigenvalue weighted by Crippen LogP contribution is -2.31. The monoisotopic (exact) mass is 437 g/mol. The molecule has 2 aromatic carbocycles. The van der Waals surface area contributed by atoms with Gasteiger partial charge in [0.2, 0.25) is 11.3 Å². The SMILES string of the molecule is CCc1cnc(-c2ccc(CCCOc3ccc4c(c3)CCN(S(=O)O)C4)cc2)nc1. The van der Waals surface area contributed by atoms with Crippen LogP contribution in [0.4, 0.5) is 0 Å². The van der Waals surface area contributed by atoms with E-state index in [9.17, 15) is 8.76 Å². The van der Waals surface area contributed by atoms with Gasteiger partial charge >= 0.3 is 0 Å². The first-order chi connectivity index (χ1) is 15.1. The summed E-state index contributed by atoms with van der Waals surface area (Å²) < 4.78 is 28.0. The highest BCUT2D eigenvalue weighted by Crippen LogP contribution is 2.24. The maximum atomic E-state index is 11.2. The molecule has 0 spiro atoms. The number of nitrogens with zero attached hydrogens (tertiary/aromatic N) is 3. The zero-order valence-electron chi connectivity index (χ0n) is 17.7. The maximum absolute atomic E-state index is 11.2. The molecule has 1 aliphatic rings. The molecule has 0 aliphatic carbocycles. The van der Waals surface area contributed by atoms with Gasteiger partial charge in [-0.05, 0) is 60.1 Å². The first kappa shape index (κ1) is 21.6. The van der Waals surface area contributed by atoms with Gasteiger partial charge < -0.3 is 4.74 Å². The third-order valence-corrected chi connectivity index (χ3v) is 6.33. The molecule has 1 atom stereocenters. The van der Waals surface area contributed by atoms with E-state index < -0.39 is 11.3 Å². The molecular weight excluding hydrogens is 410 g/mol. The van der Waals surface area contributed by atoms with Crippen LogP contribution in [0.5, 0.6) is 5.75 Å². The molecule has 6 nitrogen and oxygen atoms in total.